The van der Waals surface area contributed by atoms with Crippen molar-refractivity contribution < 1.29 is 14.3 Å². The van der Waals surface area contributed by atoms with Crippen LogP contribution in [0.1, 0.15) is 49.1 Å². The number of hydrogen-bond donors (Lipinski definition) is 0. The molecule has 7 heteroatoms. The largest absolute Gasteiger partial charge is 0.490 e. The third-order valence-corrected chi connectivity index (χ3v) is 7.79. The van der Waals surface area contributed by atoms with Crippen LogP contribution < -0.4 is 9.47 Å². The lowest BCUT2D eigenvalue weighted by molar-refractivity contribution is -0.121. The predicted molar refractivity (Wildman–Crippen MR) is 138 cm³/mol. The van der Waals surface area contributed by atoms with Gasteiger partial charge >= 0.3 is 0 Å². The zero-order valence-corrected chi connectivity index (χ0v) is 21.2. The zero-order valence-electron chi connectivity index (χ0n) is 18.0. The summed E-state index contributed by atoms with van der Waals surface area (Å²) in [6.45, 7) is 0.844. The van der Waals surface area contributed by atoms with Gasteiger partial charge in [-0.05, 0) is 60.7 Å². The van der Waals surface area contributed by atoms with E-state index in [9.17, 15) is 4.79 Å². The van der Waals surface area contributed by atoms with E-state index in [4.69, 9.17) is 21.7 Å². The Labute approximate surface area is 207 Å². The Morgan fingerprint density at radius 1 is 1.09 bits per heavy atom. The minimum absolute atomic E-state index is 0.0917. The molecule has 0 unspecified atom stereocenters. The molecule has 0 N–H and O–H groups in total. The maximum atomic E-state index is 12.3. The Hall–Kier alpha value is -1.83. The number of ether oxygens (including phenoxy) is 2. The first-order valence-electron chi connectivity index (χ1n) is 10.9. The van der Waals surface area contributed by atoms with Gasteiger partial charge in [-0.2, -0.15) is 0 Å². The first-order valence-corrected chi connectivity index (χ1v) is 12.9. The fourth-order valence-corrected chi connectivity index (χ4v) is 5.58. The molecule has 1 saturated heterocycles. The SMILES string of the molecule is CN1C(=O)/C(=C\c2cc(Br)ccc2OCCOc2ccc(C3CCCCC3)cc2)SC1=S. The number of nitrogens with zero attached hydrogens (tertiary/aromatic N) is 1. The highest BCUT2D eigenvalue weighted by molar-refractivity contribution is 9.10. The quantitative estimate of drug-likeness (QED) is 0.223. The number of rotatable bonds is 7. The number of likely N-dealkylation sites (N-methyl/N-ethyl adjacent to an activating group) is 1. The second-order valence-electron chi connectivity index (χ2n) is 8.02. The maximum absolute atomic E-state index is 12.3. The summed E-state index contributed by atoms with van der Waals surface area (Å²) in [5.41, 5.74) is 2.25. The molecule has 0 bridgehead atoms. The van der Waals surface area contributed by atoms with Crippen LogP contribution >= 0.6 is 39.9 Å². The molecule has 0 radical (unpaired) electrons. The molecular formula is C25H26BrNO3S2. The molecule has 0 atom stereocenters. The van der Waals surface area contributed by atoms with E-state index < -0.39 is 0 Å². The summed E-state index contributed by atoms with van der Waals surface area (Å²) in [6.07, 6.45) is 8.47. The summed E-state index contributed by atoms with van der Waals surface area (Å²) in [7, 11) is 1.69. The number of thiocarbonyl (C=S) groups is 1. The fraction of sp³-hybridized carbons (Fsp3) is 0.360. The topological polar surface area (TPSA) is 38.8 Å². The van der Waals surface area contributed by atoms with Gasteiger partial charge in [0.2, 0.25) is 0 Å². The Morgan fingerprint density at radius 3 is 2.50 bits per heavy atom. The monoisotopic (exact) mass is 531 g/mol. The summed E-state index contributed by atoms with van der Waals surface area (Å²) < 4.78 is 13.3. The smallest absolute Gasteiger partial charge is 0.265 e. The van der Waals surface area contributed by atoms with Crippen molar-refractivity contribution in [1.82, 2.24) is 4.90 Å². The molecule has 1 aliphatic carbocycles. The summed E-state index contributed by atoms with van der Waals surface area (Å²) in [5.74, 6) is 2.16. The molecule has 1 amide bonds. The van der Waals surface area contributed by atoms with Gasteiger partial charge in [-0.15, -0.1) is 0 Å². The number of halogens is 1. The van der Waals surface area contributed by atoms with E-state index in [1.165, 1.54) is 54.3 Å². The second-order valence-corrected chi connectivity index (χ2v) is 10.6. The number of carbonyl (C=O) groups excluding carboxylic acids is 1. The van der Waals surface area contributed by atoms with Crippen LogP contribution in [0.5, 0.6) is 11.5 Å². The Bertz CT molecular complexity index is 1020. The molecule has 168 valence electrons. The van der Waals surface area contributed by atoms with Crippen LogP contribution in [-0.4, -0.2) is 35.4 Å². The second kappa shape index (κ2) is 10.9. The van der Waals surface area contributed by atoms with Crippen molar-refractivity contribution in [1.29, 1.82) is 0 Å². The van der Waals surface area contributed by atoms with Gasteiger partial charge in [0.25, 0.3) is 5.91 Å². The van der Waals surface area contributed by atoms with E-state index in [0.717, 1.165) is 15.8 Å². The molecule has 1 heterocycles. The molecule has 1 saturated carbocycles. The lowest BCUT2D eigenvalue weighted by atomic mass is 9.84. The molecule has 2 aromatic rings. The van der Waals surface area contributed by atoms with Crippen LogP contribution in [0.2, 0.25) is 0 Å². The minimum atomic E-state index is -0.0917. The highest BCUT2D eigenvalue weighted by atomic mass is 79.9. The fourth-order valence-electron chi connectivity index (χ4n) is 4.03. The summed E-state index contributed by atoms with van der Waals surface area (Å²) in [5, 5.41) is 0. The molecule has 0 aromatic heterocycles. The van der Waals surface area contributed by atoms with Crippen molar-refractivity contribution in [3.63, 3.8) is 0 Å². The van der Waals surface area contributed by atoms with Crippen molar-refractivity contribution in [2.45, 2.75) is 38.0 Å². The molecule has 2 fully saturated rings. The summed E-state index contributed by atoms with van der Waals surface area (Å²) in [4.78, 5) is 14.4. The highest BCUT2D eigenvalue weighted by Crippen LogP contribution is 2.35. The van der Waals surface area contributed by atoms with E-state index in [1.807, 2.05) is 24.3 Å². The molecule has 0 spiro atoms. The van der Waals surface area contributed by atoms with Crippen LogP contribution in [-0.2, 0) is 4.79 Å². The Kier molecular flexibility index (Phi) is 7.92. The van der Waals surface area contributed by atoms with Gasteiger partial charge in [0.15, 0.2) is 0 Å². The van der Waals surface area contributed by atoms with E-state index in [2.05, 4.69) is 40.2 Å². The van der Waals surface area contributed by atoms with E-state index in [-0.39, 0.29) is 5.91 Å². The number of thioether (sulfide) groups is 1. The molecule has 1 aliphatic heterocycles. The standard InChI is InChI=1S/C25H26BrNO3S2/c1-27-24(28)23(32-25(27)31)16-19-15-20(26)9-12-22(19)30-14-13-29-21-10-7-18(8-11-21)17-5-3-2-4-6-17/h7-12,15-17H,2-6,13-14H2,1H3/b23-16+. The molecule has 2 aliphatic rings. The maximum Gasteiger partial charge on any atom is 0.265 e. The number of amides is 1. The van der Waals surface area contributed by atoms with Crippen LogP contribution in [0.3, 0.4) is 0 Å². The van der Waals surface area contributed by atoms with E-state index in [1.54, 1.807) is 7.05 Å². The third kappa shape index (κ3) is 5.74. The molecule has 2 aromatic carbocycles. The average molecular weight is 533 g/mol. The van der Waals surface area contributed by atoms with E-state index in [0.29, 0.717) is 34.1 Å². The van der Waals surface area contributed by atoms with Gasteiger partial charge in [-0.3, -0.25) is 9.69 Å². The van der Waals surface area contributed by atoms with Gasteiger partial charge in [-0.1, -0.05) is 71.3 Å². The first-order chi connectivity index (χ1) is 15.5. The van der Waals surface area contributed by atoms with Gasteiger partial charge in [0.1, 0.15) is 29.0 Å². The van der Waals surface area contributed by atoms with Crippen LogP contribution in [0.15, 0.2) is 51.8 Å². The Balaban J connectivity index is 1.33. The van der Waals surface area contributed by atoms with Crippen LogP contribution in [0.25, 0.3) is 6.08 Å². The normalized spacial score (nSPS) is 18.4. The third-order valence-electron chi connectivity index (χ3n) is 5.81. The van der Waals surface area contributed by atoms with Gasteiger partial charge in [0.05, 0.1) is 4.91 Å². The zero-order chi connectivity index (χ0) is 22.5. The van der Waals surface area contributed by atoms with Crippen molar-refractivity contribution in [2.75, 3.05) is 20.3 Å². The van der Waals surface area contributed by atoms with Gasteiger partial charge < -0.3 is 9.47 Å². The molecule has 4 rings (SSSR count). The minimum Gasteiger partial charge on any atom is -0.490 e. The number of hydrogen-bond acceptors (Lipinski definition) is 5. The lowest BCUT2D eigenvalue weighted by Gasteiger charge is -2.22. The van der Waals surface area contributed by atoms with Gasteiger partial charge in [0, 0.05) is 17.1 Å². The van der Waals surface area contributed by atoms with Crippen molar-refractivity contribution >= 4 is 56.2 Å². The highest BCUT2D eigenvalue weighted by Gasteiger charge is 2.29. The lowest BCUT2D eigenvalue weighted by Crippen LogP contribution is -2.22. The van der Waals surface area contributed by atoms with E-state index >= 15 is 0 Å². The number of benzene rings is 2. The first kappa shape index (κ1) is 23.3. The summed E-state index contributed by atoms with van der Waals surface area (Å²) >= 11 is 10.0. The van der Waals surface area contributed by atoms with Crippen molar-refractivity contribution in [3.8, 4) is 11.5 Å². The van der Waals surface area contributed by atoms with Crippen LogP contribution in [0.4, 0.5) is 0 Å². The van der Waals surface area contributed by atoms with Crippen LogP contribution in [0, 0.1) is 0 Å². The predicted octanol–water partition coefficient (Wildman–Crippen LogP) is 6.79. The molecular weight excluding hydrogens is 506 g/mol. The molecule has 32 heavy (non-hydrogen) atoms. The number of carbonyl (C=O) groups is 1. The summed E-state index contributed by atoms with van der Waals surface area (Å²) in [6, 6.07) is 14.3. The average Bonchev–Trinajstić information content (AvgIpc) is 3.05. The van der Waals surface area contributed by atoms with Crippen molar-refractivity contribution in [2.24, 2.45) is 0 Å². The Morgan fingerprint density at radius 2 is 1.81 bits per heavy atom. The van der Waals surface area contributed by atoms with Gasteiger partial charge in [-0.25, -0.2) is 0 Å². The van der Waals surface area contributed by atoms with Crippen molar-refractivity contribution in [3.05, 3.63) is 63.0 Å². The molecule has 4 nitrogen and oxygen atoms in total.